The molecule has 0 bridgehead atoms. The van der Waals surface area contributed by atoms with E-state index in [1.54, 1.807) is 31.4 Å². The number of rotatable bonds is 7. The van der Waals surface area contributed by atoms with Gasteiger partial charge in [0.05, 0.1) is 17.7 Å². The Hall–Kier alpha value is -2.53. The van der Waals surface area contributed by atoms with E-state index in [0.29, 0.717) is 17.1 Å². The number of methoxy groups -OCH3 is 1. The molecule has 2 aromatic rings. The first kappa shape index (κ1) is 17.8. The fraction of sp³-hybridized carbons (Fsp3) is 0.222. The Morgan fingerprint density at radius 1 is 1.04 bits per heavy atom. The average molecular weight is 347 g/mol. The van der Waals surface area contributed by atoms with Gasteiger partial charge >= 0.3 is 0 Å². The fourth-order valence-electron chi connectivity index (χ4n) is 2.06. The summed E-state index contributed by atoms with van der Waals surface area (Å²) < 4.78 is 5.08. The maximum atomic E-state index is 11.9. The van der Waals surface area contributed by atoms with E-state index in [1.165, 1.54) is 0 Å². The second kappa shape index (κ2) is 8.93. The van der Waals surface area contributed by atoms with E-state index in [9.17, 15) is 9.59 Å². The lowest BCUT2D eigenvalue weighted by Crippen LogP contribution is -2.30. The van der Waals surface area contributed by atoms with E-state index in [0.717, 1.165) is 11.3 Å². The van der Waals surface area contributed by atoms with Crippen molar-refractivity contribution in [2.45, 2.75) is 13.0 Å². The van der Waals surface area contributed by atoms with E-state index in [2.05, 4.69) is 10.6 Å². The normalized spacial score (nSPS) is 10.1. The van der Waals surface area contributed by atoms with E-state index >= 15 is 0 Å². The van der Waals surface area contributed by atoms with Gasteiger partial charge in [-0.3, -0.25) is 9.59 Å². The maximum Gasteiger partial charge on any atom is 0.252 e. The van der Waals surface area contributed by atoms with Gasteiger partial charge in [0, 0.05) is 19.5 Å². The first-order valence-corrected chi connectivity index (χ1v) is 7.90. The van der Waals surface area contributed by atoms with Crippen LogP contribution in [-0.4, -0.2) is 25.5 Å². The number of ether oxygens (including phenoxy) is 1. The SMILES string of the molecule is COc1ccc(CNC(=O)CCNC(=O)c2ccccc2Cl)cc1. The predicted molar refractivity (Wildman–Crippen MR) is 93.2 cm³/mol. The van der Waals surface area contributed by atoms with E-state index in [4.69, 9.17) is 16.3 Å². The van der Waals surface area contributed by atoms with Crippen molar-refractivity contribution in [3.63, 3.8) is 0 Å². The Labute approximate surface area is 146 Å². The lowest BCUT2D eigenvalue weighted by atomic mass is 10.2. The summed E-state index contributed by atoms with van der Waals surface area (Å²) in [5.41, 5.74) is 1.38. The van der Waals surface area contributed by atoms with Crippen LogP contribution in [0.25, 0.3) is 0 Å². The number of carbonyl (C=O) groups excluding carboxylic acids is 2. The Morgan fingerprint density at radius 2 is 1.75 bits per heavy atom. The van der Waals surface area contributed by atoms with Gasteiger partial charge in [-0.05, 0) is 29.8 Å². The number of hydrogen-bond acceptors (Lipinski definition) is 3. The van der Waals surface area contributed by atoms with E-state index in [1.807, 2.05) is 24.3 Å². The summed E-state index contributed by atoms with van der Waals surface area (Å²) >= 11 is 5.95. The zero-order valence-electron chi connectivity index (χ0n) is 13.3. The minimum Gasteiger partial charge on any atom is -0.497 e. The predicted octanol–water partition coefficient (Wildman–Crippen LogP) is 2.78. The van der Waals surface area contributed by atoms with Crippen LogP contribution in [0.3, 0.4) is 0 Å². The van der Waals surface area contributed by atoms with Crippen molar-refractivity contribution in [1.29, 1.82) is 0 Å². The number of hydrogen-bond donors (Lipinski definition) is 2. The number of amides is 2. The summed E-state index contributed by atoms with van der Waals surface area (Å²) in [6.45, 7) is 0.680. The molecule has 2 N–H and O–H groups in total. The van der Waals surface area contributed by atoms with Crippen molar-refractivity contribution in [2.24, 2.45) is 0 Å². The van der Waals surface area contributed by atoms with Crippen LogP contribution in [0.2, 0.25) is 5.02 Å². The third-order valence-corrected chi connectivity index (χ3v) is 3.73. The minimum absolute atomic E-state index is 0.134. The maximum absolute atomic E-state index is 11.9. The molecule has 0 aliphatic heterocycles. The molecule has 0 radical (unpaired) electrons. The van der Waals surface area contributed by atoms with Crippen molar-refractivity contribution in [3.05, 3.63) is 64.7 Å². The Bertz CT molecular complexity index is 702. The highest BCUT2D eigenvalue weighted by Gasteiger charge is 2.09. The summed E-state index contributed by atoms with van der Waals surface area (Å²) in [6.07, 6.45) is 0.201. The Morgan fingerprint density at radius 3 is 2.42 bits per heavy atom. The first-order chi connectivity index (χ1) is 11.6. The molecule has 0 aliphatic carbocycles. The number of halogens is 1. The van der Waals surface area contributed by atoms with Gasteiger partial charge in [0.2, 0.25) is 5.91 Å². The Balaban J connectivity index is 1.71. The van der Waals surface area contributed by atoms with Crippen LogP contribution in [0.4, 0.5) is 0 Å². The number of benzene rings is 2. The van der Waals surface area contributed by atoms with Gasteiger partial charge in [0.1, 0.15) is 5.75 Å². The molecule has 6 heteroatoms. The Kier molecular flexibility index (Phi) is 6.63. The molecule has 0 aromatic heterocycles. The molecular weight excluding hydrogens is 328 g/mol. The van der Waals surface area contributed by atoms with Gasteiger partial charge in [-0.2, -0.15) is 0 Å². The van der Waals surface area contributed by atoms with Gasteiger partial charge in [-0.15, -0.1) is 0 Å². The molecule has 2 aromatic carbocycles. The molecule has 0 saturated carbocycles. The van der Waals surface area contributed by atoms with Crippen molar-refractivity contribution in [2.75, 3.05) is 13.7 Å². The van der Waals surface area contributed by atoms with Crippen LogP contribution in [0.1, 0.15) is 22.3 Å². The monoisotopic (exact) mass is 346 g/mol. The molecule has 24 heavy (non-hydrogen) atoms. The largest absolute Gasteiger partial charge is 0.497 e. The van der Waals surface area contributed by atoms with Gasteiger partial charge < -0.3 is 15.4 Å². The van der Waals surface area contributed by atoms with Crippen molar-refractivity contribution in [3.8, 4) is 5.75 Å². The first-order valence-electron chi connectivity index (χ1n) is 7.52. The molecule has 0 fully saturated rings. The third kappa shape index (κ3) is 5.28. The molecule has 0 atom stereocenters. The number of nitrogens with one attached hydrogen (secondary N) is 2. The van der Waals surface area contributed by atoms with Crippen LogP contribution in [0.5, 0.6) is 5.75 Å². The summed E-state index contributed by atoms with van der Waals surface area (Å²) in [4.78, 5) is 23.8. The van der Waals surface area contributed by atoms with E-state index in [-0.39, 0.29) is 24.8 Å². The molecule has 0 heterocycles. The smallest absolute Gasteiger partial charge is 0.252 e. The van der Waals surface area contributed by atoms with Crippen LogP contribution in [0.15, 0.2) is 48.5 Å². The molecule has 0 unspecified atom stereocenters. The molecule has 0 aliphatic rings. The van der Waals surface area contributed by atoms with Crippen LogP contribution in [-0.2, 0) is 11.3 Å². The van der Waals surface area contributed by atoms with Crippen molar-refractivity contribution in [1.82, 2.24) is 10.6 Å². The van der Waals surface area contributed by atoms with Crippen LogP contribution in [0, 0.1) is 0 Å². The standard InChI is InChI=1S/C18H19ClN2O3/c1-24-14-8-6-13(7-9-14)12-21-17(22)10-11-20-18(23)15-4-2-3-5-16(15)19/h2-9H,10-12H2,1H3,(H,20,23)(H,21,22). The lowest BCUT2D eigenvalue weighted by Gasteiger charge is -2.08. The molecule has 126 valence electrons. The minimum atomic E-state index is -0.288. The van der Waals surface area contributed by atoms with Gasteiger partial charge in [-0.1, -0.05) is 35.9 Å². The zero-order valence-corrected chi connectivity index (χ0v) is 14.1. The second-order valence-corrected chi connectivity index (χ2v) is 5.52. The summed E-state index contributed by atoms with van der Waals surface area (Å²) in [5, 5.41) is 5.88. The molecule has 2 rings (SSSR count). The average Bonchev–Trinajstić information content (AvgIpc) is 2.60. The van der Waals surface area contributed by atoms with Crippen LogP contribution < -0.4 is 15.4 Å². The molecule has 2 amide bonds. The zero-order chi connectivity index (χ0) is 17.4. The number of carbonyl (C=O) groups is 2. The van der Waals surface area contributed by atoms with Gasteiger partial charge in [0.15, 0.2) is 0 Å². The fourth-order valence-corrected chi connectivity index (χ4v) is 2.28. The third-order valence-electron chi connectivity index (χ3n) is 3.40. The highest BCUT2D eigenvalue weighted by Crippen LogP contribution is 2.14. The summed E-state index contributed by atoms with van der Waals surface area (Å²) in [5.74, 6) is 0.348. The molecule has 0 saturated heterocycles. The quantitative estimate of drug-likeness (QED) is 0.810. The van der Waals surface area contributed by atoms with Crippen molar-refractivity contribution >= 4 is 23.4 Å². The lowest BCUT2D eigenvalue weighted by molar-refractivity contribution is -0.121. The highest BCUT2D eigenvalue weighted by molar-refractivity contribution is 6.33. The highest BCUT2D eigenvalue weighted by atomic mass is 35.5. The van der Waals surface area contributed by atoms with E-state index < -0.39 is 0 Å². The van der Waals surface area contributed by atoms with Gasteiger partial charge in [-0.25, -0.2) is 0 Å². The topological polar surface area (TPSA) is 67.4 Å². The molecule has 0 spiro atoms. The van der Waals surface area contributed by atoms with Gasteiger partial charge in [0.25, 0.3) is 5.91 Å². The van der Waals surface area contributed by atoms with Crippen LogP contribution >= 0.6 is 11.6 Å². The molecule has 5 nitrogen and oxygen atoms in total. The summed E-state index contributed by atoms with van der Waals surface area (Å²) in [7, 11) is 1.60. The van der Waals surface area contributed by atoms with Crippen molar-refractivity contribution < 1.29 is 14.3 Å². The molecular formula is C18H19ClN2O3. The summed E-state index contributed by atoms with van der Waals surface area (Å²) in [6, 6.07) is 14.2. The second-order valence-electron chi connectivity index (χ2n) is 5.11.